The van der Waals surface area contributed by atoms with Crippen LogP contribution in [0.5, 0.6) is 0 Å². The van der Waals surface area contributed by atoms with Gasteiger partial charge in [-0.1, -0.05) is 13.8 Å². The molecule has 8 nitrogen and oxygen atoms in total. The van der Waals surface area contributed by atoms with Crippen LogP contribution < -0.4 is 10.2 Å². The van der Waals surface area contributed by atoms with Crippen LogP contribution >= 0.6 is 0 Å². The van der Waals surface area contributed by atoms with E-state index >= 15 is 0 Å². The molecule has 178 valence electrons. The van der Waals surface area contributed by atoms with Gasteiger partial charge in [-0.2, -0.15) is 4.31 Å². The van der Waals surface area contributed by atoms with Crippen molar-refractivity contribution in [1.82, 2.24) is 14.5 Å². The number of nitrogens with one attached hydrogen (secondary N) is 1. The van der Waals surface area contributed by atoms with Crippen LogP contribution in [0.15, 0.2) is 29.2 Å². The van der Waals surface area contributed by atoms with Crippen molar-refractivity contribution in [3.05, 3.63) is 24.3 Å². The van der Waals surface area contributed by atoms with Crippen molar-refractivity contribution in [3.63, 3.8) is 0 Å². The molecule has 2 saturated heterocycles. The largest absolute Gasteiger partial charge is 0.355 e. The molecule has 1 aromatic carbocycles. The van der Waals surface area contributed by atoms with Gasteiger partial charge in [0.05, 0.1) is 10.8 Å². The average molecular weight is 465 g/mol. The highest BCUT2D eigenvalue weighted by molar-refractivity contribution is 7.89. The Morgan fingerprint density at radius 3 is 2.38 bits per heavy atom. The van der Waals surface area contributed by atoms with E-state index in [0.29, 0.717) is 43.8 Å². The molecule has 2 aliphatic rings. The van der Waals surface area contributed by atoms with Crippen LogP contribution in [0.25, 0.3) is 0 Å². The molecular formula is C23H36N4O4S. The van der Waals surface area contributed by atoms with Crippen LogP contribution in [0.2, 0.25) is 0 Å². The normalized spacial score (nSPS) is 22.3. The molecule has 2 fully saturated rings. The van der Waals surface area contributed by atoms with E-state index in [4.69, 9.17) is 0 Å². The van der Waals surface area contributed by atoms with Crippen molar-refractivity contribution in [2.24, 2.45) is 11.8 Å². The summed E-state index contributed by atoms with van der Waals surface area (Å²) in [5.41, 5.74) is 0.618. The number of carbonyl (C=O) groups excluding carboxylic acids is 2. The lowest BCUT2D eigenvalue weighted by Crippen LogP contribution is -2.37. The van der Waals surface area contributed by atoms with Crippen LogP contribution in [0.3, 0.4) is 0 Å². The van der Waals surface area contributed by atoms with Crippen LogP contribution in [0.4, 0.5) is 5.69 Å². The van der Waals surface area contributed by atoms with Crippen LogP contribution in [-0.4, -0.2) is 74.7 Å². The maximum Gasteiger partial charge on any atom is 0.243 e. The number of hydrogen-bond acceptors (Lipinski definition) is 5. The molecular weight excluding hydrogens is 428 g/mol. The predicted octanol–water partition coefficient (Wildman–Crippen LogP) is 1.92. The number of amides is 2. The average Bonchev–Trinajstić information content (AvgIpc) is 3.40. The molecule has 1 aromatic rings. The van der Waals surface area contributed by atoms with Crippen molar-refractivity contribution in [3.8, 4) is 0 Å². The van der Waals surface area contributed by atoms with Gasteiger partial charge in [-0.25, -0.2) is 8.42 Å². The third-order valence-corrected chi connectivity index (χ3v) is 8.66. The smallest absolute Gasteiger partial charge is 0.243 e. The molecule has 0 spiro atoms. The summed E-state index contributed by atoms with van der Waals surface area (Å²) in [6, 6.07) is 6.88. The minimum absolute atomic E-state index is 0.0791. The number of hydrogen-bond donors (Lipinski definition) is 1. The molecule has 32 heavy (non-hydrogen) atoms. The molecule has 9 heteroatoms. The second-order valence-electron chi connectivity index (χ2n) is 8.98. The molecule has 0 radical (unpaired) electrons. The first kappa shape index (κ1) is 24.7. The lowest BCUT2D eigenvalue weighted by molar-refractivity contribution is -0.126. The third kappa shape index (κ3) is 5.32. The summed E-state index contributed by atoms with van der Waals surface area (Å²) < 4.78 is 26.7. The maximum atomic E-state index is 12.7. The van der Waals surface area contributed by atoms with Gasteiger partial charge in [0.2, 0.25) is 21.8 Å². The predicted molar refractivity (Wildman–Crippen MR) is 125 cm³/mol. The zero-order valence-electron chi connectivity index (χ0n) is 19.6. The summed E-state index contributed by atoms with van der Waals surface area (Å²) in [4.78, 5) is 29.4. The number of sulfonamides is 1. The van der Waals surface area contributed by atoms with Crippen LogP contribution in [0.1, 0.15) is 40.5 Å². The molecule has 3 rings (SSSR count). The van der Waals surface area contributed by atoms with Crippen molar-refractivity contribution in [1.29, 1.82) is 0 Å². The van der Waals surface area contributed by atoms with E-state index in [1.54, 1.807) is 30.9 Å². The van der Waals surface area contributed by atoms with Gasteiger partial charge in [-0.15, -0.1) is 0 Å². The summed E-state index contributed by atoms with van der Waals surface area (Å²) in [5.74, 6) is -0.125. The summed E-state index contributed by atoms with van der Waals surface area (Å²) in [6.07, 6.45) is 1.26. The van der Waals surface area contributed by atoms with E-state index in [1.165, 1.54) is 16.4 Å². The second kappa shape index (κ2) is 10.3. The number of benzene rings is 1. The van der Waals surface area contributed by atoms with Crippen LogP contribution in [0, 0.1) is 11.8 Å². The molecule has 2 unspecified atom stereocenters. The van der Waals surface area contributed by atoms with E-state index in [1.807, 2.05) is 0 Å². The first-order valence-electron chi connectivity index (χ1n) is 11.6. The number of likely N-dealkylation sites (tertiary alicyclic amines) is 1. The molecule has 2 amide bonds. The molecule has 0 aromatic heterocycles. The highest BCUT2D eigenvalue weighted by Crippen LogP contribution is 2.27. The minimum Gasteiger partial charge on any atom is -0.355 e. The molecule has 2 atom stereocenters. The van der Waals surface area contributed by atoms with E-state index in [9.17, 15) is 18.0 Å². The standard InChI is InChI=1S/C23H36N4O4S/c1-5-26(6-2)32(30,31)21-9-7-20(8-10-21)27-16-19(13-22(27)28)23(29)24-14-18-11-12-25(15-18)17(3)4/h7-10,17-19H,5-6,11-16H2,1-4H3,(H,24,29). The van der Waals surface area contributed by atoms with Gasteiger partial charge in [-0.05, 0) is 57.0 Å². The highest BCUT2D eigenvalue weighted by Gasteiger charge is 2.36. The van der Waals surface area contributed by atoms with Gasteiger partial charge in [0.25, 0.3) is 0 Å². The molecule has 2 aliphatic heterocycles. The molecule has 2 heterocycles. The van der Waals surface area contributed by atoms with Crippen molar-refractivity contribution in [2.75, 3.05) is 44.2 Å². The fourth-order valence-corrected chi connectivity index (χ4v) is 5.99. The van der Waals surface area contributed by atoms with E-state index in [-0.39, 0.29) is 29.0 Å². The number of nitrogens with zero attached hydrogens (tertiary/aromatic N) is 3. The summed E-state index contributed by atoms with van der Waals surface area (Å²) >= 11 is 0. The lowest BCUT2D eigenvalue weighted by atomic mass is 10.1. The topological polar surface area (TPSA) is 90.0 Å². The van der Waals surface area contributed by atoms with E-state index in [2.05, 4.69) is 24.1 Å². The number of carbonyl (C=O) groups is 2. The van der Waals surface area contributed by atoms with Crippen molar-refractivity contribution in [2.45, 2.75) is 51.5 Å². The van der Waals surface area contributed by atoms with Crippen molar-refractivity contribution < 1.29 is 18.0 Å². The fourth-order valence-electron chi connectivity index (χ4n) is 4.53. The van der Waals surface area contributed by atoms with Crippen LogP contribution in [-0.2, 0) is 19.6 Å². The lowest BCUT2D eigenvalue weighted by Gasteiger charge is -2.21. The Hall–Kier alpha value is -1.97. The fraction of sp³-hybridized carbons (Fsp3) is 0.652. The summed E-state index contributed by atoms with van der Waals surface area (Å²) in [7, 11) is -3.54. The quantitative estimate of drug-likeness (QED) is 0.603. The minimum atomic E-state index is -3.54. The zero-order chi connectivity index (χ0) is 23.5. The Morgan fingerprint density at radius 2 is 1.81 bits per heavy atom. The van der Waals surface area contributed by atoms with Gasteiger partial charge in [-0.3, -0.25) is 9.59 Å². The van der Waals surface area contributed by atoms with Gasteiger partial charge < -0.3 is 15.1 Å². The Morgan fingerprint density at radius 1 is 1.16 bits per heavy atom. The number of rotatable bonds is 9. The molecule has 0 aliphatic carbocycles. The van der Waals surface area contributed by atoms with Gasteiger partial charge >= 0.3 is 0 Å². The summed E-state index contributed by atoms with van der Waals surface area (Å²) in [5, 5.41) is 3.04. The SMILES string of the molecule is CCN(CC)S(=O)(=O)c1ccc(N2CC(C(=O)NCC3CCN(C(C)C)C3)CC2=O)cc1. The second-order valence-corrected chi connectivity index (χ2v) is 10.9. The van der Waals surface area contributed by atoms with Gasteiger partial charge in [0, 0.05) is 50.9 Å². The Bertz CT molecular complexity index is 912. The Labute approximate surface area is 192 Å². The Balaban J connectivity index is 1.58. The van der Waals surface area contributed by atoms with Gasteiger partial charge in [0.15, 0.2) is 0 Å². The Kier molecular flexibility index (Phi) is 7.95. The van der Waals surface area contributed by atoms with E-state index in [0.717, 1.165) is 19.5 Å². The first-order chi connectivity index (χ1) is 15.2. The monoisotopic (exact) mass is 464 g/mol. The van der Waals surface area contributed by atoms with Crippen molar-refractivity contribution >= 4 is 27.5 Å². The molecule has 1 N–H and O–H groups in total. The van der Waals surface area contributed by atoms with Gasteiger partial charge in [0.1, 0.15) is 0 Å². The molecule has 0 bridgehead atoms. The zero-order valence-corrected chi connectivity index (χ0v) is 20.4. The number of anilines is 1. The summed E-state index contributed by atoms with van der Waals surface area (Å²) in [6.45, 7) is 11.8. The van der Waals surface area contributed by atoms with E-state index < -0.39 is 10.0 Å². The maximum absolute atomic E-state index is 12.7. The third-order valence-electron chi connectivity index (χ3n) is 6.60. The highest BCUT2D eigenvalue weighted by atomic mass is 32.2. The molecule has 0 saturated carbocycles. The first-order valence-corrected chi connectivity index (χ1v) is 13.0.